The number of rotatable bonds is 6. The number of halogens is 2. The predicted molar refractivity (Wildman–Crippen MR) is 128 cm³/mol. The van der Waals surface area contributed by atoms with Gasteiger partial charge >= 0.3 is 0 Å². The number of hydrogen-bond donors (Lipinski definition) is 2. The van der Waals surface area contributed by atoms with Gasteiger partial charge in [0.15, 0.2) is 5.96 Å². The van der Waals surface area contributed by atoms with Crippen molar-refractivity contribution in [2.45, 2.75) is 25.9 Å². The first kappa shape index (κ1) is 23.5. The molecule has 0 spiro atoms. The van der Waals surface area contributed by atoms with Gasteiger partial charge in [-0.3, -0.25) is 9.89 Å². The Morgan fingerprint density at radius 3 is 2.61 bits per heavy atom. The molecular formula is C20H33ClIN5O. The second-order valence-corrected chi connectivity index (χ2v) is 7.67. The lowest BCUT2D eigenvalue weighted by molar-refractivity contribution is 0.187. The van der Waals surface area contributed by atoms with Gasteiger partial charge in [-0.15, -0.1) is 24.0 Å². The summed E-state index contributed by atoms with van der Waals surface area (Å²) in [5, 5.41) is 13.9. The van der Waals surface area contributed by atoms with Gasteiger partial charge in [0.25, 0.3) is 0 Å². The molecule has 1 aromatic rings. The third-order valence-corrected chi connectivity index (χ3v) is 5.58. The Hall–Kier alpha value is -0.770. The maximum Gasteiger partial charge on any atom is 0.194 e. The lowest BCUT2D eigenvalue weighted by atomic mass is 10.2. The van der Waals surface area contributed by atoms with Crippen molar-refractivity contribution >= 4 is 47.2 Å². The molecule has 2 saturated heterocycles. The number of aliphatic hydroxyl groups is 1. The Morgan fingerprint density at radius 1 is 1.21 bits per heavy atom. The third kappa shape index (κ3) is 6.64. The van der Waals surface area contributed by atoms with Crippen molar-refractivity contribution in [2.24, 2.45) is 4.99 Å². The molecule has 6 nitrogen and oxygen atoms in total. The second-order valence-electron chi connectivity index (χ2n) is 7.26. The largest absolute Gasteiger partial charge is 0.391 e. The van der Waals surface area contributed by atoms with Gasteiger partial charge in [-0.25, -0.2) is 0 Å². The van der Waals surface area contributed by atoms with Crippen LogP contribution in [0.15, 0.2) is 29.3 Å². The Labute approximate surface area is 190 Å². The van der Waals surface area contributed by atoms with Gasteiger partial charge in [-0.05, 0) is 31.9 Å². The maximum absolute atomic E-state index is 9.74. The van der Waals surface area contributed by atoms with Crippen LogP contribution in [0.3, 0.4) is 0 Å². The maximum atomic E-state index is 9.74. The molecular weight excluding hydrogens is 489 g/mol. The average molecular weight is 522 g/mol. The first-order chi connectivity index (χ1) is 13.2. The van der Waals surface area contributed by atoms with Crippen molar-refractivity contribution in [3.63, 3.8) is 0 Å². The van der Waals surface area contributed by atoms with Crippen LogP contribution in [0, 0.1) is 0 Å². The highest BCUT2D eigenvalue weighted by molar-refractivity contribution is 14.0. The Morgan fingerprint density at radius 2 is 1.96 bits per heavy atom. The Kier molecular flexibility index (Phi) is 10.1. The van der Waals surface area contributed by atoms with Crippen molar-refractivity contribution in [3.8, 4) is 0 Å². The minimum Gasteiger partial charge on any atom is -0.391 e. The summed E-state index contributed by atoms with van der Waals surface area (Å²) in [6.07, 6.45) is 1.67. The van der Waals surface area contributed by atoms with E-state index in [-0.39, 0.29) is 30.1 Å². The number of likely N-dealkylation sites (tertiary alicyclic amines) is 1. The number of piperazine rings is 1. The summed E-state index contributed by atoms with van der Waals surface area (Å²) >= 11 is 6.32. The average Bonchev–Trinajstić information content (AvgIpc) is 3.11. The molecule has 0 saturated carbocycles. The fourth-order valence-corrected chi connectivity index (χ4v) is 4.02. The van der Waals surface area contributed by atoms with E-state index in [0.29, 0.717) is 6.54 Å². The highest BCUT2D eigenvalue weighted by atomic mass is 127. The lowest BCUT2D eigenvalue weighted by Crippen LogP contribution is -2.46. The van der Waals surface area contributed by atoms with E-state index in [0.717, 1.165) is 81.9 Å². The first-order valence-corrected chi connectivity index (χ1v) is 10.5. The van der Waals surface area contributed by atoms with Gasteiger partial charge in [0.05, 0.1) is 16.8 Å². The van der Waals surface area contributed by atoms with Gasteiger partial charge in [0.1, 0.15) is 0 Å². The van der Waals surface area contributed by atoms with Crippen LogP contribution >= 0.6 is 35.6 Å². The number of guanidine groups is 1. The molecule has 8 heteroatoms. The number of nitrogens with one attached hydrogen (secondary N) is 1. The zero-order valence-corrected chi connectivity index (χ0v) is 19.8. The van der Waals surface area contributed by atoms with Crippen LogP contribution in [-0.2, 0) is 0 Å². The van der Waals surface area contributed by atoms with Crippen LogP contribution in [0.5, 0.6) is 0 Å². The number of aliphatic imine (C=N–C) groups is 1. The molecule has 1 atom stereocenters. The van der Waals surface area contributed by atoms with Crippen molar-refractivity contribution in [1.29, 1.82) is 0 Å². The van der Waals surface area contributed by atoms with Crippen LogP contribution in [-0.4, -0.2) is 85.9 Å². The lowest BCUT2D eigenvalue weighted by Gasteiger charge is -2.36. The van der Waals surface area contributed by atoms with Crippen LogP contribution < -0.4 is 10.2 Å². The summed E-state index contributed by atoms with van der Waals surface area (Å²) in [5.74, 6) is 0.942. The molecule has 0 unspecified atom stereocenters. The standard InChI is InChI=1S/C20H32ClN5O.HI/c1-2-22-20(26-11-8-17(27)16-26)23-9-5-10-24-12-14-25(15-13-24)19-7-4-3-6-18(19)21;/h3-4,6-7,17,27H,2,5,8-16H2,1H3,(H,22,23);1H/t17-;/m1./s1. The van der Waals surface area contributed by atoms with Crippen molar-refractivity contribution in [1.82, 2.24) is 15.1 Å². The monoisotopic (exact) mass is 521 g/mol. The summed E-state index contributed by atoms with van der Waals surface area (Å²) in [4.78, 5) is 11.8. The number of para-hydroxylation sites is 1. The van der Waals surface area contributed by atoms with E-state index in [1.807, 2.05) is 18.2 Å². The Balaban J connectivity index is 0.00000280. The minimum atomic E-state index is -0.219. The van der Waals surface area contributed by atoms with Crippen molar-refractivity contribution in [2.75, 3.05) is 63.8 Å². The molecule has 2 heterocycles. The van der Waals surface area contributed by atoms with Crippen molar-refractivity contribution < 1.29 is 5.11 Å². The molecule has 2 N–H and O–H groups in total. The van der Waals surface area contributed by atoms with E-state index in [1.165, 1.54) is 0 Å². The number of hydrogen-bond acceptors (Lipinski definition) is 4. The third-order valence-electron chi connectivity index (χ3n) is 5.26. The molecule has 1 aromatic carbocycles. The van der Waals surface area contributed by atoms with E-state index >= 15 is 0 Å². The van der Waals surface area contributed by atoms with E-state index in [4.69, 9.17) is 16.6 Å². The number of anilines is 1. The molecule has 0 bridgehead atoms. The number of aliphatic hydroxyl groups excluding tert-OH is 1. The molecule has 0 amide bonds. The number of nitrogens with zero attached hydrogens (tertiary/aromatic N) is 4. The van der Waals surface area contributed by atoms with Gasteiger partial charge in [0.2, 0.25) is 0 Å². The van der Waals surface area contributed by atoms with Crippen LogP contribution in [0.1, 0.15) is 19.8 Å². The zero-order chi connectivity index (χ0) is 19.1. The first-order valence-electron chi connectivity index (χ1n) is 10.1. The van der Waals surface area contributed by atoms with E-state index < -0.39 is 0 Å². The summed E-state index contributed by atoms with van der Waals surface area (Å²) < 4.78 is 0. The summed E-state index contributed by atoms with van der Waals surface area (Å²) in [7, 11) is 0. The van der Waals surface area contributed by atoms with Gasteiger partial charge in [-0.2, -0.15) is 0 Å². The minimum absolute atomic E-state index is 0. The molecule has 28 heavy (non-hydrogen) atoms. The van der Waals surface area contributed by atoms with E-state index in [9.17, 15) is 5.11 Å². The molecule has 2 aliphatic heterocycles. The molecule has 0 radical (unpaired) electrons. The molecule has 158 valence electrons. The fraction of sp³-hybridized carbons (Fsp3) is 0.650. The second kappa shape index (κ2) is 12.0. The topological polar surface area (TPSA) is 54.3 Å². The number of β-amino-alcohol motifs (C(OH)–C–C–N with tert-alkyl or cyclic N) is 1. The highest BCUT2D eigenvalue weighted by Crippen LogP contribution is 2.25. The summed E-state index contributed by atoms with van der Waals surface area (Å²) in [6.45, 7) is 10.6. The smallest absolute Gasteiger partial charge is 0.194 e. The predicted octanol–water partition coefficient (Wildman–Crippen LogP) is 2.50. The molecule has 2 fully saturated rings. The van der Waals surface area contributed by atoms with Crippen LogP contribution in [0.25, 0.3) is 0 Å². The van der Waals surface area contributed by atoms with Crippen LogP contribution in [0.2, 0.25) is 5.02 Å². The van der Waals surface area contributed by atoms with Crippen molar-refractivity contribution in [3.05, 3.63) is 29.3 Å². The quantitative estimate of drug-likeness (QED) is 0.261. The number of benzene rings is 1. The van der Waals surface area contributed by atoms with Crippen LogP contribution in [0.4, 0.5) is 5.69 Å². The molecule has 3 rings (SSSR count). The zero-order valence-electron chi connectivity index (χ0n) is 16.7. The van der Waals surface area contributed by atoms with E-state index in [2.05, 4.69) is 33.0 Å². The van der Waals surface area contributed by atoms with Gasteiger partial charge in [-0.1, -0.05) is 23.7 Å². The fourth-order valence-electron chi connectivity index (χ4n) is 3.76. The summed E-state index contributed by atoms with van der Waals surface area (Å²) in [5.41, 5.74) is 1.14. The van der Waals surface area contributed by atoms with Gasteiger partial charge in [0, 0.05) is 58.9 Å². The van der Waals surface area contributed by atoms with Gasteiger partial charge < -0.3 is 20.2 Å². The molecule has 0 aromatic heterocycles. The molecule has 2 aliphatic rings. The summed E-state index contributed by atoms with van der Waals surface area (Å²) in [6, 6.07) is 8.09. The Bertz CT molecular complexity index is 624. The highest BCUT2D eigenvalue weighted by Gasteiger charge is 2.23. The SMILES string of the molecule is CCNC(=NCCCN1CCN(c2ccccc2Cl)CC1)N1CC[C@@H](O)C1.I. The molecule has 0 aliphatic carbocycles. The van der Waals surface area contributed by atoms with E-state index in [1.54, 1.807) is 0 Å². The normalized spacial score (nSPS) is 21.0.